The van der Waals surface area contributed by atoms with Crippen molar-refractivity contribution < 1.29 is 4.79 Å². The normalized spacial score (nSPS) is 9.73. The quantitative estimate of drug-likeness (QED) is 0.683. The van der Waals surface area contributed by atoms with Gasteiger partial charge in [-0.2, -0.15) is 0 Å². The van der Waals surface area contributed by atoms with Crippen molar-refractivity contribution in [2.45, 2.75) is 6.42 Å². The molecule has 0 fully saturated rings. The number of nitrogen functional groups attached to an aromatic ring is 1. The summed E-state index contributed by atoms with van der Waals surface area (Å²) in [6.45, 7) is 0.532. The molecule has 0 heterocycles. The van der Waals surface area contributed by atoms with Gasteiger partial charge in [-0.15, -0.1) is 0 Å². The second-order valence-electron chi connectivity index (χ2n) is 3.05. The van der Waals surface area contributed by atoms with E-state index in [4.69, 9.17) is 17.3 Å². The van der Waals surface area contributed by atoms with Gasteiger partial charge in [0.25, 0.3) is 0 Å². The molecule has 1 aromatic carbocycles. The molecule has 0 saturated heterocycles. The van der Waals surface area contributed by atoms with E-state index in [0.717, 1.165) is 5.69 Å². The Hall–Kier alpha value is -1.42. The lowest BCUT2D eigenvalue weighted by atomic mass is 10.2. The Balaban J connectivity index is 2.51. The molecule has 5 heteroatoms. The van der Waals surface area contributed by atoms with E-state index in [1.54, 1.807) is 19.2 Å². The van der Waals surface area contributed by atoms with Gasteiger partial charge in [0, 0.05) is 20.0 Å². The van der Waals surface area contributed by atoms with Gasteiger partial charge in [-0.3, -0.25) is 4.79 Å². The first-order valence-electron chi connectivity index (χ1n) is 4.63. The molecule has 0 bridgehead atoms. The Kier molecular flexibility index (Phi) is 4.24. The summed E-state index contributed by atoms with van der Waals surface area (Å²) in [4.78, 5) is 10.9. The van der Waals surface area contributed by atoms with Crippen LogP contribution in [0.2, 0.25) is 5.02 Å². The fourth-order valence-electron chi connectivity index (χ4n) is 1.13. The van der Waals surface area contributed by atoms with Gasteiger partial charge in [-0.1, -0.05) is 17.7 Å². The van der Waals surface area contributed by atoms with E-state index in [1.807, 2.05) is 6.07 Å². The highest BCUT2D eigenvalue weighted by atomic mass is 35.5. The molecule has 1 aromatic rings. The average molecular weight is 228 g/mol. The number of nitrogens with two attached hydrogens (primary N) is 1. The van der Waals surface area contributed by atoms with E-state index in [0.29, 0.717) is 23.7 Å². The number of rotatable bonds is 4. The monoisotopic (exact) mass is 227 g/mol. The number of hydrogen-bond donors (Lipinski definition) is 3. The number of benzene rings is 1. The summed E-state index contributed by atoms with van der Waals surface area (Å²) >= 11 is 5.84. The van der Waals surface area contributed by atoms with Crippen LogP contribution in [0.1, 0.15) is 6.42 Å². The number of hydrogen-bond acceptors (Lipinski definition) is 3. The van der Waals surface area contributed by atoms with Gasteiger partial charge in [0.1, 0.15) is 0 Å². The van der Waals surface area contributed by atoms with E-state index in [9.17, 15) is 4.79 Å². The Bertz CT molecular complexity index is 355. The lowest BCUT2D eigenvalue weighted by Crippen LogP contribution is -2.21. The second-order valence-corrected chi connectivity index (χ2v) is 3.46. The fraction of sp³-hybridized carbons (Fsp3) is 0.300. The van der Waals surface area contributed by atoms with Gasteiger partial charge in [0.2, 0.25) is 5.91 Å². The summed E-state index contributed by atoms with van der Waals surface area (Å²) in [7, 11) is 1.61. The number of nitrogens with one attached hydrogen (secondary N) is 2. The summed E-state index contributed by atoms with van der Waals surface area (Å²) in [6.07, 6.45) is 0.405. The van der Waals surface area contributed by atoms with Crippen molar-refractivity contribution in [2.24, 2.45) is 0 Å². The molecule has 0 spiro atoms. The Morgan fingerprint density at radius 1 is 1.53 bits per heavy atom. The molecule has 0 saturated carbocycles. The lowest BCUT2D eigenvalue weighted by Gasteiger charge is -2.09. The molecule has 0 unspecified atom stereocenters. The van der Waals surface area contributed by atoms with Gasteiger partial charge in [-0.05, 0) is 12.1 Å². The van der Waals surface area contributed by atoms with Crippen molar-refractivity contribution in [1.82, 2.24) is 5.32 Å². The van der Waals surface area contributed by atoms with E-state index >= 15 is 0 Å². The van der Waals surface area contributed by atoms with Crippen LogP contribution in [0.3, 0.4) is 0 Å². The fourth-order valence-corrected chi connectivity index (χ4v) is 1.30. The van der Waals surface area contributed by atoms with Crippen LogP contribution in [-0.4, -0.2) is 19.5 Å². The summed E-state index contributed by atoms with van der Waals surface area (Å²) in [5, 5.41) is 6.10. The van der Waals surface area contributed by atoms with E-state index < -0.39 is 0 Å². The zero-order valence-electron chi connectivity index (χ0n) is 8.51. The third-order valence-corrected chi connectivity index (χ3v) is 2.33. The van der Waals surface area contributed by atoms with Crippen LogP contribution in [-0.2, 0) is 4.79 Å². The van der Waals surface area contributed by atoms with Crippen LogP contribution in [0.5, 0.6) is 0 Å². The lowest BCUT2D eigenvalue weighted by molar-refractivity contribution is -0.120. The van der Waals surface area contributed by atoms with E-state index in [-0.39, 0.29) is 5.91 Å². The van der Waals surface area contributed by atoms with Crippen LogP contribution in [0.25, 0.3) is 0 Å². The Morgan fingerprint density at radius 3 is 2.93 bits per heavy atom. The van der Waals surface area contributed by atoms with Crippen molar-refractivity contribution >= 4 is 28.9 Å². The summed E-state index contributed by atoms with van der Waals surface area (Å²) < 4.78 is 0. The molecule has 0 aliphatic heterocycles. The molecule has 0 atom stereocenters. The first kappa shape index (κ1) is 11.7. The Morgan fingerprint density at radius 2 is 2.27 bits per heavy atom. The minimum absolute atomic E-state index is 0.0110. The van der Waals surface area contributed by atoms with Crippen molar-refractivity contribution in [3.8, 4) is 0 Å². The highest BCUT2D eigenvalue weighted by molar-refractivity contribution is 6.33. The second kappa shape index (κ2) is 5.46. The first-order valence-corrected chi connectivity index (χ1v) is 5.01. The predicted octanol–water partition coefficient (Wildman–Crippen LogP) is 1.47. The van der Waals surface area contributed by atoms with Crippen molar-refractivity contribution in [2.75, 3.05) is 24.6 Å². The molecule has 82 valence electrons. The van der Waals surface area contributed by atoms with Crippen LogP contribution in [0.4, 0.5) is 11.4 Å². The van der Waals surface area contributed by atoms with Crippen LogP contribution < -0.4 is 16.4 Å². The van der Waals surface area contributed by atoms with E-state index in [1.165, 1.54) is 0 Å². The molecular formula is C10H14ClN3O. The largest absolute Gasteiger partial charge is 0.396 e. The number of para-hydroxylation sites is 1. The molecule has 15 heavy (non-hydrogen) atoms. The molecule has 0 aromatic heterocycles. The smallest absolute Gasteiger partial charge is 0.221 e. The molecular weight excluding hydrogens is 214 g/mol. The van der Waals surface area contributed by atoms with Crippen LogP contribution in [0.15, 0.2) is 18.2 Å². The number of carbonyl (C=O) groups is 1. The van der Waals surface area contributed by atoms with Crippen LogP contribution >= 0.6 is 11.6 Å². The van der Waals surface area contributed by atoms with Gasteiger partial charge in [-0.25, -0.2) is 0 Å². The average Bonchev–Trinajstić information content (AvgIpc) is 2.24. The third-order valence-electron chi connectivity index (χ3n) is 2.00. The SMILES string of the molecule is CNC(=O)CCNc1cccc(Cl)c1N. The minimum Gasteiger partial charge on any atom is -0.396 e. The van der Waals surface area contributed by atoms with Gasteiger partial charge in [0.05, 0.1) is 16.4 Å². The number of halogens is 1. The summed E-state index contributed by atoms with van der Waals surface area (Å²) in [5.74, 6) is -0.0110. The number of carbonyl (C=O) groups excluding carboxylic acids is 1. The van der Waals surface area contributed by atoms with Crippen molar-refractivity contribution in [3.63, 3.8) is 0 Å². The summed E-state index contributed by atoms with van der Waals surface area (Å²) in [6, 6.07) is 5.35. The number of amides is 1. The molecule has 4 nitrogen and oxygen atoms in total. The summed E-state index contributed by atoms with van der Waals surface area (Å²) in [5.41, 5.74) is 7.00. The first-order chi connectivity index (χ1) is 7.15. The van der Waals surface area contributed by atoms with Gasteiger partial charge in [0.15, 0.2) is 0 Å². The van der Waals surface area contributed by atoms with Crippen molar-refractivity contribution in [3.05, 3.63) is 23.2 Å². The third kappa shape index (κ3) is 3.32. The molecule has 0 aliphatic carbocycles. The minimum atomic E-state index is -0.0110. The molecule has 4 N–H and O–H groups in total. The molecule has 1 amide bonds. The van der Waals surface area contributed by atoms with Crippen molar-refractivity contribution in [1.29, 1.82) is 0 Å². The molecule has 0 radical (unpaired) electrons. The standard InChI is InChI=1S/C10H14ClN3O/c1-13-9(15)5-6-14-8-4-2-3-7(11)10(8)12/h2-4,14H,5-6,12H2,1H3,(H,13,15). The topological polar surface area (TPSA) is 67.2 Å². The van der Waals surface area contributed by atoms with Gasteiger partial charge < -0.3 is 16.4 Å². The number of anilines is 2. The maximum atomic E-state index is 10.9. The Labute approximate surface area is 93.8 Å². The highest BCUT2D eigenvalue weighted by Gasteiger charge is 2.02. The van der Waals surface area contributed by atoms with Crippen LogP contribution in [0, 0.1) is 0 Å². The van der Waals surface area contributed by atoms with E-state index in [2.05, 4.69) is 10.6 Å². The predicted molar refractivity (Wildman–Crippen MR) is 63.0 cm³/mol. The highest BCUT2D eigenvalue weighted by Crippen LogP contribution is 2.26. The molecule has 1 rings (SSSR count). The van der Waals surface area contributed by atoms with Gasteiger partial charge >= 0.3 is 0 Å². The molecule has 0 aliphatic rings. The zero-order valence-corrected chi connectivity index (χ0v) is 9.27. The maximum absolute atomic E-state index is 10.9. The zero-order chi connectivity index (χ0) is 11.3. The maximum Gasteiger partial charge on any atom is 0.221 e.